The number of carbonyl (C=O) groups excluding carboxylic acids is 3. The molecule has 0 saturated heterocycles. The second-order valence-electron chi connectivity index (χ2n) is 14.8. The van der Waals surface area contributed by atoms with Crippen LogP contribution < -0.4 is 10.1 Å². The van der Waals surface area contributed by atoms with Gasteiger partial charge in [-0.25, -0.2) is 14.6 Å². The Hall–Kier alpha value is -7.00. The molecule has 0 atom stereocenters. The highest BCUT2D eigenvalue weighted by Gasteiger charge is 2.19. The van der Waals surface area contributed by atoms with Crippen molar-refractivity contribution < 1.29 is 28.6 Å². The Balaban J connectivity index is 1.17. The van der Waals surface area contributed by atoms with Crippen molar-refractivity contribution in [1.29, 1.82) is 0 Å². The normalized spacial score (nSPS) is 11.5. The van der Waals surface area contributed by atoms with E-state index in [2.05, 4.69) is 34.6 Å². The fraction of sp³-hybridized carbons (Fsp3) is 0.200. The van der Waals surface area contributed by atoms with Crippen molar-refractivity contribution >= 4 is 30.0 Å². The molecule has 6 rings (SSSR count). The van der Waals surface area contributed by atoms with Gasteiger partial charge in [0, 0.05) is 41.3 Å². The number of rotatable bonds is 16. The van der Waals surface area contributed by atoms with Gasteiger partial charge in [0.2, 0.25) is 5.91 Å². The number of imidazole rings is 1. The minimum Gasteiger partial charge on any atom is -0.482 e. The highest BCUT2D eigenvalue weighted by Crippen LogP contribution is 2.34. The lowest BCUT2D eigenvalue weighted by Gasteiger charge is -2.19. The number of esters is 2. The zero-order valence-corrected chi connectivity index (χ0v) is 33.8. The van der Waals surface area contributed by atoms with Crippen LogP contribution in [0.25, 0.3) is 46.1 Å². The molecule has 0 unspecified atom stereocenters. The van der Waals surface area contributed by atoms with Crippen molar-refractivity contribution in [3.05, 3.63) is 168 Å². The second-order valence-corrected chi connectivity index (χ2v) is 14.8. The van der Waals surface area contributed by atoms with Crippen LogP contribution in [-0.4, -0.2) is 53.2 Å². The summed E-state index contributed by atoms with van der Waals surface area (Å²) >= 11 is 0. The van der Waals surface area contributed by atoms with E-state index in [4.69, 9.17) is 19.2 Å². The molecule has 0 fully saturated rings. The number of nitrogens with zero attached hydrogens (tertiary/aromatic N) is 1. The number of hydrogen-bond donors (Lipinski definition) is 2. The molecule has 2 N–H and O–H groups in total. The van der Waals surface area contributed by atoms with Crippen molar-refractivity contribution in [3.8, 4) is 39.7 Å². The summed E-state index contributed by atoms with van der Waals surface area (Å²) in [6, 6.07) is 43.7. The number of H-pyrrole nitrogens is 1. The quantitative estimate of drug-likeness (QED) is 0.0740. The highest BCUT2D eigenvalue weighted by molar-refractivity contribution is 5.92. The van der Waals surface area contributed by atoms with Gasteiger partial charge in [-0.15, -0.1) is 0 Å². The summed E-state index contributed by atoms with van der Waals surface area (Å²) in [5.74, 6) is 0.360. The summed E-state index contributed by atoms with van der Waals surface area (Å²) in [7, 11) is 0. The van der Waals surface area contributed by atoms with E-state index in [0.717, 1.165) is 45.6 Å². The van der Waals surface area contributed by atoms with Crippen molar-refractivity contribution in [2.75, 3.05) is 19.8 Å². The maximum atomic E-state index is 12.9. The van der Waals surface area contributed by atoms with E-state index in [9.17, 15) is 14.4 Å². The molecule has 300 valence electrons. The van der Waals surface area contributed by atoms with Crippen LogP contribution in [0.5, 0.6) is 5.75 Å². The number of benzene rings is 5. The number of aromatic amines is 1. The van der Waals surface area contributed by atoms with Gasteiger partial charge in [-0.3, -0.25) is 4.79 Å². The van der Waals surface area contributed by atoms with Gasteiger partial charge in [0.15, 0.2) is 6.61 Å². The van der Waals surface area contributed by atoms with Gasteiger partial charge < -0.3 is 24.5 Å². The third-order valence-corrected chi connectivity index (χ3v) is 9.25. The monoisotopic (exact) mass is 787 g/mol. The molecule has 9 nitrogen and oxygen atoms in total. The van der Waals surface area contributed by atoms with Crippen LogP contribution >= 0.6 is 0 Å². The molecule has 6 aromatic rings. The first-order valence-electron chi connectivity index (χ1n) is 19.7. The van der Waals surface area contributed by atoms with Gasteiger partial charge in [-0.05, 0) is 92.8 Å². The minimum absolute atomic E-state index is 0.157. The molecular formula is C50H49N3O6. The Labute approximate surface area is 345 Å². The second kappa shape index (κ2) is 19.9. The third-order valence-electron chi connectivity index (χ3n) is 9.25. The number of ether oxygens (including phenoxy) is 3. The van der Waals surface area contributed by atoms with Gasteiger partial charge >= 0.3 is 11.9 Å². The van der Waals surface area contributed by atoms with Gasteiger partial charge in [0.25, 0.3) is 0 Å². The van der Waals surface area contributed by atoms with E-state index >= 15 is 0 Å². The standard InChI is InChI=1S/C50H49N3O6/c1-5-57-45(55)31-21-36-18-24-41(25-19-36)49-52-47(48(53-49)40-26-28-42(29-27-40)58-34-46(56)59-50(2,3)4)39-22-16-35(17-23-39)20-30-44(54)51-33-32-43(37-12-8-6-9-13-37)38-14-10-7-11-15-38/h6-31,43H,5,32-34H2,1-4H3,(H,51,54)(H,52,53). The van der Waals surface area contributed by atoms with E-state index in [1.807, 2.05) is 118 Å². The fourth-order valence-corrected chi connectivity index (χ4v) is 6.48. The van der Waals surface area contributed by atoms with Crippen molar-refractivity contribution in [2.45, 2.75) is 45.6 Å². The SMILES string of the molecule is CCOC(=O)C=Cc1ccc(-c2nc(-c3ccc(OCC(=O)OC(C)(C)C)cc3)c(-c3ccc(C=CC(=O)NCCC(c4ccccc4)c4ccccc4)cc3)[nH]2)cc1. The van der Waals surface area contributed by atoms with Crippen LogP contribution in [0.2, 0.25) is 0 Å². The summed E-state index contributed by atoms with van der Waals surface area (Å²) < 4.78 is 16.1. The van der Waals surface area contributed by atoms with Crippen molar-refractivity contribution in [2.24, 2.45) is 0 Å². The lowest BCUT2D eigenvalue weighted by Crippen LogP contribution is -2.27. The number of hydrogen-bond acceptors (Lipinski definition) is 7. The largest absolute Gasteiger partial charge is 0.482 e. The molecule has 0 radical (unpaired) electrons. The predicted molar refractivity (Wildman–Crippen MR) is 233 cm³/mol. The smallest absolute Gasteiger partial charge is 0.344 e. The third kappa shape index (κ3) is 12.2. The topological polar surface area (TPSA) is 120 Å². The first-order chi connectivity index (χ1) is 28.5. The Morgan fingerprint density at radius 3 is 1.85 bits per heavy atom. The molecule has 9 heteroatoms. The fourth-order valence-electron chi connectivity index (χ4n) is 6.48. The zero-order valence-electron chi connectivity index (χ0n) is 33.8. The lowest BCUT2D eigenvalue weighted by atomic mass is 9.88. The number of nitrogens with one attached hydrogen (secondary N) is 2. The average Bonchev–Trinajstić information content (AvgIpc) is 3.69. The molecule has 0 spiro atoms. The zero-order chi connectivity index (χ0) is 41.6. The van der Waals surface area contributed by atoms with Crippen LogP contribution in [0.3, 0.4) is 0 Å². The molecule has 59 heavy (non-hydrogen) atoms. The molecule has 0 aliphatic carbocycles. The van der Waals surface area contributed by atoms with Crippen LogP contribution in [0, 0.1) is 0 Å². The Morgan fingerprint density at radius 1 is 0.712 bits per heavy atom. The van der Waals surface area contributed by atoms with E-state index in [1.54, 1.807) is 37.3 Å². The maximum Gasteiger partial charge on any atom is 0.344 e. The Kier molecular flexibility index (Phi) is 14.1. The lowest BCUT2D eigenvalue weighted by molar-refractivity contribution is -0.157. The molecule has 1 amide bonds. The van der Waals surface area contributed by atoms with Crippen LogP contribution in [0.1, 0.15) is 62.3 Å². The van der Waals surface area contributed by atoms with E-state index in [1.165, 1.54) is 17.2 Å². The average molecular weight is 788 g/mol. The molecular weight excluding hydrogens is 739 g/mol. The number of amides is 1. The molecule has 0 saturated carbocycles. The summed E-state index contributed by atoms with van der Waals surface area (Å²) in [6.45, 7) is 7.85. The van der Waals surface area contributed by atoms with E-state index in [0.29, 0.717) is 24.7 Å². The molecule has 1 heterocycles. The first kappa shape index (κ1) is 41.6. The summed E-state index contributed by atoms with van der Waals surface area (Å²) in [6.07, 6.45) is 7.25. The molecule has 0 aliphatic rings. The molecule has 0 bridgehead atoms. The highest BCUT2D eigenvalue weighted by atomic mass is 16.6. The number of carbonyl (C=O) groups is 3. The Morgan fingerprint density at radius 2 is 1.27 bits per heavy atom. The summed E-state index contributed by atoms with van der Waals surface area (Å²) in [5, 5.41) is 3.06. The molecule has 5 aromatic carbocycles. The minimum atomic E-state index is -0.600. The van der Waals surface area contributed by atoms with Crippen LogP contribution in [0.15, 0.2) is 146 Å². The van der Waals surface area contributed by atoms with Gasteiger partial charge in [0.05, 0.1) is 18.0 Å². The van der Waals surface area contributed by atoms with Crippen LogP contribution in [-0.2, 0) is 23.9 Å². The van der Waals surface area contributed by atoms with E-state index < -0.39 is 17.5 Å². The Bertz CT molecular complexity index is 2320. The van der Waals surface area contributed by atoms with Crippen LogP contribution in [0.4, 0.5) is 0 Å². The summed E-state index contributed by atoms with van der Waals surface area (Å²) in [5.41, 5.74) is 7.66. The number of aromatic nitrogens is 2. The van der Waals surface area contributed by atoms with Crippen molar-refractivity contribution in [1.82, 2.24) is 15.3 Å². The van der Waals surface area contributed by atoms with E-state index in [-0.39, 0.29) is 18.4 Å². The van der Waals surface area contributed by atoms with Gasteiger partial charge in [-0.2, -0.15) is 0 Å². The van der Waals surface area contributed by atoms with Crippen molar-refractivity contribution in [3.63, 3.8) is 0 Å². The van der Waals surface area contributed by atoms with Gasteiger partial charge in [-0.1, -0.05) is 109 Å². The first-order valence-corrected chi connectivity index (χ1v) is 19.7. The predicted octanol–water partition coefficient (Wildman–Crippen LogP) is 10.1. The maximum absolute atomic E-state index is 12.9. The molecule has 1 aromatic heterocycles. The summed E-state index contributed by atoms with van der Waals surface area (Å²) in [4.78, 5) is 45.5. The van der Waals surface area contributed by atoms with Gasteiger partial charge in [0.1, 0.15) is 17.2 Å². The molecule has 0 aliphatic heterocycles.